The molecule has 1 fully saturated rings. The van der Waals surface area contributed by atoms with Crippen molar-refractivity contribution in [2.75, 3.05) is 20.2 Å². The van der Waals surface area contributed by atoms with E-state index < -0.39 is 11.2 Å². The van der Waals surface area contributed by atoms with Crippen molar-refractivity contribution in [1.82, 2.24) is 15.5 Å². The molecular formula is C10H17N3O3. The first-order chi connectivity index (χ1) is 7.48. The molecule has 0 saturated carbocycles. The summed E-state index contributed by atoms with van der Waals surface area (Å²) in [6.45, 7) is 4.89. The van der Waals surface area contributed by atoms with Crippen molar-refractivity contribution in [1.29, 1.82) is 0 Å². The molecule has 1 aliphatic heterocycles. The molecule has 1 unspecified atom stereocenters. The first kappa shape index (κ1) is 11.5. The SMILES string of the molecule is COC(C)(C)c1noc(C2(O)CCNC2)n1. The van der Waals surface area contributed by atoms with E-state index in [1.807, 2.05) is 13.8 Å². The number of nitrogens with zero attached hydrogens (tertiary/aromatic N) is 2. The number of nitrogens with one attached hydrogen (secondary N) is 1. The maximum absolute atomic E-state index is 10.2. The normalized spacial score (nSPS) is 26.2. The summed E-state index contributed by atoms with van der Waals surface area (Å²) < 4.78 is 10.4. The molecule has 6 nitrogen and oxygen atoms in total. The van der Waals surface area contributed by atoms with Crippen LogP contribution in [0.4, 0.5) is 0 Å². The summed E-state index contributed by atoms with van der Waals surface area (Å²) in [6.07, 6.45) is 0.585. The highest BCUT2D eigenvalue weighted by Gasteiger charge is 2.40. The molecule has 1 saturated heterocycles. The Bertz CT molecular complexity index is 369. The molecule has 2 N–H and O–H groups in total. The smallest absolute Gasteiger partial charge is 0.260 e. The number of ether oxygens (including phenoxy) is 1. The summed E-state index contributed by atoms with van der Waals surface area (Å²) in [4.78, 5) is 4.21. The van der Waals surface area contributed by atoms with Crippen molar-refractivity contribution in [3.05, 3.63) is 11.7 Å². The van der Waals surface area contributed by atoms with Crippen LogP contribution in [0, 0.1) is 0 Å². The molecular weight excluding hydrogens is 210 g/mol. The van der Waals surface area contributed by atoms with Gasteiger partial charge in [0, 0.05) is 13.7 Å². The summed E-state index contributed by atoms with van der Waals surface area (Å²) in [7, 11) is 1.59. The van der Waals surface area contributed by atoms with Crippen molar-refractivity contribution >= 4 is 0 Å². The molecule has 0 radical (unpaired) electrons. The summed E-state index contributed by atoms with van der Waals surface area (Å²) in [5.74, 6) is 0.711. The number of aliphatic hydroxyl groups is 1. The van der Waals surface area contributed by atoms with E-state index in [0.29, 0.717) is 18.8 Å². The van der Waals surface area contributed by atoms with Gasteiger partial charge in [0.2, 0.25) is 5.82 Å². The monoisotopic (exact) mass is 227 g/mol. The van der Waals surface area contributed by atoms with E-state index in [-0.39, 0.29) is 5.89 Å². The van der Waals surface area contributed by atoms with Crippen molar-refractivity contribution in [2.45, 2.75) is 31.5 Å². The molecule has 1 aromatic rings. The lowest BCUT2D eigenvalue weighted by Gasteiger charge is -2.18. The highest BCUT2D eigenvalue weighted by molar-refractivity contribution is 5.06. The van der Waals surface area contributed by atoms with Gasteiger partial charge < -0.3 is 19.7 Å². The van der Waals surface area contributed by atoms with Crippen LogP contribution in [0.15, 0.2) is 4.52 Å². The van der Waals surface area contributed by atoms with Crippen molar-refractivity contribution in [2.24, 2.45) is 0 Å². The van der Waals surface area contributed by atoms with Crippen LogP contribution >= 0.6 is 0 Å². The fourth-order valence-electron chi connectivity index (χ4n) is 1.61. The first-order valence-corrected chi connectivity index (χ1v) is 5.31. The standard InChI is InChI=1S/C10H17N3O3/c1-9(2,15-3)7-12-8(16-13-7)10(14)4-5-11-6-10/h11,14H,4-6H2,1-3H3. The number of hydrogen-bond acceptors (Lipinski definition) is 6. The maximum atomic E-state index is 10.2. The number of β-amino-alcohol motifs (C(OH)–C–C–N with tert-alkyl or cyclic N) is 1. The van der Waals surface area contributed by atoms with E-state index in [1.54, 1.807) is 7.11 Å². The van der Waals surface area contributed by atoms with E-state index in [4.69, 9.17) is 9.26 Å². The Kier molecular flexibility index (Phi) is 2.73. The lowest BCUT2D eigenvalue weighted by Crippen LogP contribution is -2.29. The molecule has 0 aromatic carbocycles. The van der Waals surface area contributed by atoms with Gasteiger partial charge >= 0.3 is 0 Å². The lowest BCUT2D eigenvalue weighted by atomic mass is 10.0. The highest BCUT2D eigenvalue weighted by atomic mass is 16.5. The molecule has 1 atom stereocenters. The average molecular weight is 227 g/mol. The van der Waals surface area contributed by atoms with Gasteiger partial charge in [-0.15, -0.1) is 0 Å². The molecule has 0 amide bonds. The summed E-state index contributed by atoms with van der Waals surface area (Å²) in [6, 6.07) is 0. The third-order valence-corrected chi connectivity index (χ3v) is 3.01. The predicted octanol–water partition coefficient (Wildman–Crippen LogP) is 0.132. The summed E-state index contributed by atoms with van der Waals surface area (Å²) in [5, 5.41) is 17.1. The number of aromatic nitrogens is 2. The average Bonchev–Trinajstić information content (AvgIpc) is 2.86. The van der Waals surface area contributed by atoms with Gasteiger partial charge in [-0.1, -0.05) is 5.16 Å². The molecule has 0 bridgehead atoms. The Morgan fingerprint density at radius 3 is 2.88 bits per heavy atom. The molecule has 0 aliphatic carbocycles. The van der Waals surface area contributed by atoms with E-state index in [2.05, 4.69) is 15.5 Å². The topological polar surface area (TPSA) is 80.4 Å². The molecule has 2 rings (SSSR count). The Labute approximate surface area is 94.0 Å². The Balaban J connectivity index is 2.26. The second-order valence-corrected chi connectivity index (χ2v) is 4.60. The zero-order valence-corrected chi connectivity index (χ0v) is 9.78. The van der Waals surface area contributed by atoms with Crippen molar-refractivity contribution < 1.29 is 14.4 Å². The number of rotatable bonds is 3. The Morgan fingerprint density at radius 1 is 1.56 bits per heavy atom. The van der Waals surface area contributed by atoms with Crippen molar-refractivity contribution in [3.8, 4) is 0 Å². The van der Waals surface area contributed by atoms with E-state index >= 15 is 0 Å². The number of hydrogen-bond donors (Lipinski definition) is 2. The van der Waals surface area contributed by atoms with Gasteiger partial charge in [0.1, 0.15) is 5.60 Å². The van der Waals surface area contributed by atoms with Gasteiger partial charge in [-0.05, 0) is 26.8 Å². The Morgan fingerprint density at radius 2 is 2.31 bits per heavy atom. The van der Waals surface area contributed by atoms with Crippen LogP contribution < -0.4 is 5.32 Å². The molecule has 6 heteroatoms. The molecule has 1 aromatic heterocycles. The van der Waals surface area contributed by atoms with E-state index in [0.717, 1.165) is 6.54 Å². The number of methoxy groups -OCH3 is 1. The van der Waals surface area contributed by atoms with Gasteiger partial charge in [0.15, 0.2) is 5.60 Å². The van der Waals surface area contributed by atoms with Crippen LogP contribution in [0.3, 0.4) is 0 Å². The summed E-state index contributed by atoms with van der Waals surface area (Å²) in [5.41, 5.74) is -1.64. The molecule has 90 valence electrons. The fourth-order valence-corrected chi connectivity index (χ4v) is 1.61. The van der Waals surface area contributed by atoms with Gasteiger partial charge in [-0.2, -0.15) is 4.98 Å². The van der Waals surface area contributed by atoms with Crippen LogP contribution in [-0.2, 0) is 15.9 Å². The fraction of sp³-hybridized carbons (Fsp3) is 0.800. The molecule has 16 heavy (non-hydrogen) atoms. The van der Waals surface area contributed by atoms with Gasteiger partial charge in [0.25, 0.3) is 5.89 Å². The zero-order valence-electron chi connectivity index (χ0n) is 9.78. The van der Waals surface area contributed by atoms with Crippen LogP contribution in [0.1, 0.15) is 32.0 Å². The quantitative estimate of drug-likeness (QED) is 0.764. The van der Waals surface area contributed by atoms with Crippen molar-refractivity contribution in [3.63, 3.8) is 0 Å². The predicted molar refractivity (Wildman–Crippen MR) is 55.7 cm³/mol. The Hall–Kier alpha value is -0.980. The minimum absolute atomic E-state index is 0.262. The van der Waals surface area contributed by atoms with Crippen LogP contribution in [0.2, 0.25) is 0 Å². The van der Waals surface area contributed by atoms with Crippen LogP contribution in [0.5, 0.6) is 0 Å². The second kappa shape index (κ2) is 3.80. The minimum Gasteiger partial charge on any atom is -0.379 e. The van der Waals surface area contributed by atoms with Gasteiger partial charge in [0.05, 0.1) is 0 Å². The van der Waals surface area contributed by atoms with E-state index in [1.165, 1.54) is 0 Å². The second-order valence-electron chi connectivity index (χ2n) is 4.60. The third kappa shape index (κ3) is 1.83. The highest BCUT2D eigenvalue weighted by Crippen LogP contribution is 2.28. The third-order valence-electron chi connectivity index (χ3n) is 3.01. The van der Waals surface area contributed by atoms with Crippen LogP contribution in [-0.4, -0.2) is 35.4 Å². The lowest BCUT2D eigenvalue weighted by molar-refractivity contribution is 0.00966. The van der Waals surface area contributed by atoms with Gasteiger partial charge in [-0.3, -0.25) is 0 Å². The minimum atomic E-state index is -1.03. The molecule has 2 heterocycles. The zero-order chi connectivity index (χ0) is 11.8. The van der Waals surface area contributed by atoms with Crippen LogP contribution in [0.25, 0.3) is 0 Å². The summed E-state index contributed by atoms with van der Waals surface area (Å²) >= 11 is 0. The van der Waals surface area contributed by atoms with Gasteiger partial charge in [-0.25, -0.2) is 0 Å². The first-order valence-electron chi connectivity index (χ1n) is 5.31. The molecule has 0 spiro atoms. The maximum Gasteiger partial charge on any atom is 0.260 e. The van der Waals surface area contributed by atoms with E-state index in [9.17, 15) is 5.11 Å². The largest absolute Gasteiger partial charge is 0.379 e. The molecule has 1 aliphatic rings.